The number of aliphatic hydroxyl groups is 1. The summed E-state index contributed by atoms with van der Waals surface area (Å²) in [6, 6.07) is 7.45. The molecule has 2 N–H and O–H groups in total. The molecule has 0 aliphatic heterocycles. The average molecular weight is 251 g/mol. The second-order valence-electron chi connectivity index (χ2n) is 4.72. The van der Waals surface area contributed by atoms with Crippen LogP contribution in [-0.2, 0) is 0 Å². The maximum absolute atomic E-state index is 9.78. The lowest BCUT2D eigenvalue weighted by Gasteiger charge is -2.14. The standard InChI is InChI=1S/C14H21NO3/c1-17-13-4-2-3-5-14(13)18-10-12(16)9-15-8-11-6-7-11/h2-5,11-12,15-16H,6-10H2,1H3. The summed E-state index contributed by atoms with van der Waals surface area (Å²) in [5, 5.41) is 13.0. The van der Waals surface area contributed by atoms with E-state index in [1.54, 1.807) is 7.11 Å². The lowest BCUT2D eigenvalue weighted by atomic mass is 10.3. The average Bonchev–Trinajstić information content (AvgIpc) is 3.21. The Morgan fingerprint density at radius 3 is 2.72 bits per heavy atom. The smallest absolute Gasteiger partial charge is 0.161 e. The van der Waals surface area contributed by atoms with Crippen LogP contribution >= 0.6 is 0 Å². The molecule has 1 unspecified atom stereocenters. The van der Waals surface area contributed by atoms with Crippen molar-refractivity contribution in [2.45, 2.75) is 18.9 Å². The number of ether oxygens (including phenoxy) is 2. The SMILES string of the molecule is COc1ccccc1OCC(O)CNCC1CC1. The molecule has 1 saturated carbocycles. The van der Waals surface area contributed by atoms with Crippen molar-refractivity contribution < 1.29 is 14.6 Å². The van der Waals surface area contributed by atoms with Gasteiger partial charge in [0.2, 0.25) is 0 Å². The highest BCUT2D eigenvalue weighted by atomic mass is 16.5. The number of para-hydroxylation sites is 2. The van der Waals surface area contributed by atoms with Gasteiger partial charge in [-0.1, -0.05) is 12.1 Å². The third kappa shape index (κ3) is 4.20. The first-order chi connectivity index (χ1) is 8.79. The van der Waals surface area contributed by atoms with Crippen LogP contribution in [0.2, 0.25) is 0 Å². The minimum absolute atomic E-state index is 0.276. The van der Waals surface area contributed by atoms with E-state index in [9.17, 15) is 5.11 Å². The summed E-state index contributed by atoms with van der Waals surface area (Å²) in [7, 11) is 1.61. The van der Waals surface area contributed by atoms with E-state index in [1.165, 1.54) is 12.8 Å². The lowest BCUT2D eigenvalue weighted by molar-refractivity contribution is 0.104. The van der Waals surface area contributed by atoms with Crippen molar-refractivity contribution in [3.8, 4) is 11.5 Å². The summed E-state index contributed by atoms with van der Waals surface area (Å²) >= 11 is 0. The van der Waals surface area contributed by atoms with E-state index >= 15 is 0 Å². The van der Waals surface area contributed by atoms with Crippen LogP contribution in [0.25, 0.3) is 0 Å². The fourth-order valence-corrected chi connectivity index (χ4v) is 1.76. The number of aliphatic hydroxyl groups excluding tert-OH is 1. The van der Waals surface area contributed by atoms with Crippen molar-refractivity contribution in [2.75, 3.05) is 26.8 Å². The van der Waals surface area contributed by atoms with Crippen LogP contribution in [0, 0.1) is 5.92 Å². The van der Waals surface area contributed by atoms with Crippen molar-refractivity contribution in [2.24, 2.45) is 5.92 Å². The molecule has 100 valence electrons. The van der Waals surface area contributed by atoms with Gasteiger partial charge in [-0.05, 0) is 37.4 Å². The number of nitrogens with one attached hydrogen (secondary N) is 1. The molecule has 1 aromatic rings. The molecule has 1 atom stereocenters. The molecule has 0 spiro atoms. The fourth-order valence-electron chi connectivity index (χ4n) is 1.76. The Labute approximate surface area is 108 Å². The molecule has 0 amide bonds. The Morgan fingerprint density at radius 1 is 1.33 bits per heavy atom. The molecular weight excluding hydrogens is 230 g/mol. The van der Waals surface area contributed by atoms with Gasteiger partial charge in [0.15, 0.2) is 11.5 Å². The largest absolute Gasteiger partial charge is 0.493 e. The monoisotopic (exact) mass is 251 g/mol. The lowest BCUT2D eigenvalue weighted by Crippen LogP contribution is -2.32. The Hall–Kier alpha value is -1.26. The van der Waals surface area contributed by atoms with E-state index in [-0.39, 0.29) is 6.61 Å². The highest BCUT2D eigenvalue weighted by molar-refractivity contribution is 5.39. The van der Waals surface area contributed by atoms with E-state index in [4.69, 9.17) is 9.47 Å². The summed E-state index contributed by atoms with van der Waals surface area (Å²) in [6.07, 6.45) is 2.15. The summed E-state index contributed by atoms with van der Waals surface area (Å²) in [5.74, 6) is 2.18. The van der Waals surface area contributed by atoms with Crippen molar-refractivity contribution in [1.82, 2.24) is 5.32 Å². The highest BCUT2D eigenvalue weighted by Gasteiger charge is 2.20. The molecule has 1 fully saturated rings. The molecule has 0 aromatic heterocycles. The van der Waals surface area contributed by atoms with Crippen molar-refractivity contribution in [3.63, 3.8) is 0 Å². The molecule has 0 heterocycles. The van der Waals surface area contributed by atoms with Crippen molar-refractivity contribution in [1.29, 1.82) is 0 Å². The summed E-state index contributed by atoms with van der Waals surface area (Å²) in [5.41, 5.74) is 0. The predicted octanol–water partition coefficient (Wildman–Crippen LogP) is 1.43. The second kappa shape index (κ2) is 6.61. The van der Waals surface area contributed by atoms with Crippen LogP contribution in [0.1, 0.15) is 12.8 Å². The second-order valence-corrected chi connectivity index (χ2v) is 4.72. The number of methoxy groups -OCH3 is 1. The molecule has 0 bridgehead atoms. The predicted molar refractivity (Wildman–Crippen MR) is 70.1 cm³/mol. The van der Waals surface area contributed by atoms with Gasteiger partial charge in [-0.15, -0.1) is 0 Å². The molecule has 1 aliphatic carbocycles. The minimum atomic E-state index is -0.492. The zero-order valence-corrected chi connectivity index (χ0v) is 10.8. The Kier molecular flexibility index (Phi) is 4.84. The molecule has 2 rings (SSSR count). The van der Waals surface area contributed by atoms with E-state index in [1.807, 2.05) is 24.3 Å². The zero-order valence-electron chi connectivity index (χ0n) is 10.8. The molecule has 4 nitrogen and oxygen atoms in total. The zero-order chi connectivity index (χ0) is 12.8. The number of rotatable bonds is 8. The summed E-state index contributed by atoms with van der Waals surface area (Å²) < 4.78 is 10.7. The third-order valence-corrected chi connectivity index (χ3v) is 3.01. The highest BCUT2D eigenvalue weighted by Crippen LogP contribution is 2.27. The minimum Gasteiger partial charge on any atom is -0.493 e. The topological polar surface area (TPSA) is 50.7 Å². The van der Waals surface area contributed by atoms with Gasteiger partial charge >= 0.3 is 0 Å². The van der Waals surface area contributed by atoms with E-state index in [2.05, 4.69) is 5.32 Å². The normalized spacial score (nSPS) is 16.3. The van der Waals surface area contributed by atoms with Gasteiger partial charge in [0.1, 0.15) is 12.7 Å². The quantitative estimate of drug-likeness (QED) is 0.734. The van der Waals surface area contributed by atoms with Gasteiger partial charge < -0.3 is 19.9 Å². The van der Waals surface area contributed by atoms with Crippen LogP contribution in [0.5, 0.6) is 11.5 Å². The van der Waals surface area contributed by atoms with Gasteiger partial charge in [-0.3, -0.25) is 0 Å². The molecule has 4 heteroatoms. The summed E-state index contributed by atoms with van der Waals surface area (Å²) in [4.78, 5) is 0. The van der Waals surface area contributed by atoms with Gasteiger partial charge in [-0.2, -0.15) is 0 Å². The Balaban J connectivity index is 1.68. The first-order valence-electron chi connectivity index (χ1n) is 6.44. The van der Waals surface area contributed by atoms with Crippen LogP contribution < -0.4 is 14.8 Å². The van der Waals surface area contributed by atoms with Crippen molar-refractivity contribution >= 4 is 0 Å². The first-order valence-corrected chi connectivity index (χ1v) is 6.44. The van der Waals surface area contributed by atoms with Gasteiger partial charge in [0, 0.05) is 6.54 Å². The number of hydrogen-bond acceptors (Lipinski definition) is 4. The van der Waals surface area contributed by atoms with Gasteiger partial charge in [-0.25, -0.2) is 0 Å². The van der Waals surface area contributed by atoms with Gasteiger partial charge in [0.05, 0.1) is 7.11 Å². The molecule has 1 aliphatic rings. The maximum atomic E-state index is 9.78. The van der Waals surface area contributed by atoms with E-state index in [0.29, 0.717) is 18.0 Å². The fraction of sp³-hybridized carbons (Fsp3) is 0.571. The van der Waals surface area contributed by atoms with Crippen LogP contribution in [-0.4, -0.2) is 38.0 Å². The molecule has 0 saturated heterocycles. The van der Waals surface area contributed by atoms with Crippen LogP contribution in [0.4, 0.5) is 0 Å². The number of benzene rings is 1. The Bertz CT molecular complexity index is 366. The van der Waals surface area contributed by atoms with Crippen LogP contribution in [0.3, 0.4) is 0 Å². The molecule has 1 aromatic carbocycles. The van der Waals surface area contributed by atoms with E-state index < -0.39 is 6.10 Å². The Morgan fingerprint density at radius 2 is 2.06 bits per heavy atom. The summed E-state index contributed by atoms with van der Waals surface area (Å²) in [6.45, 7) is 1.86. The van der Waals surface area contributed by atoms with Gasteiger partial charge in [0.25, 0.3) is 0 Å². The third-order valence-electron chi connectivity index (χ3n) is 3.01. The molecular formula is C14H21NO3. The molecule has 18 heavy (non-hydrogen) atoms. The number of hydrogen-bond donors (Lipinski definition) is 2. The first kappa shape index (κ1) is 13.2. The van der Waals surface area contributed by atoms with E-state index in [0.717, 1.165) is 12.5 Å². The van der Waals surface area contributed by atoms with Crippen LogP contribution in [0.15, 0.2) is 24.3 Å². The van der Waals surface area contributed by atoms with Crippen molar-refractivity contribution in [3.05, 3.63) is 24.3 Å². The molecule has 0 radical (unpaired) electrons. The maximum Gasteiger partial charge on any atom is 0.161 e.